The Bertz CT molecular complexity index is 436. The van der Waals surface area contributed by atoms with Crippen LogP contribution in [0, 0.1) is 0 Å². The van der Waals surface area contributed by atoms with Gasteiger partial charge in [0.15, 0.2) is 0 Å². The van der Waals surface area contributed by atoms with Crippen molar-refractivity contribution in [1.82, 2.24) is 0 Å². The van der Waals surface area contributed by atoms with Gasteiger partial charge in [-0.05, 0) is 12.5 Å². The van der Waals surface area contributed by atoms with E-state index < -0.39 is 7.38 Å². The molecule has 0 rings (SSSR count). The molecule has 0 atom stereocenters. The summed E-state index contributed by atoms with van der Waals surface area (Å²) in [4.78, 5) is 0. The zero-order valence-corrected chi connectivity index (χ0v) is 30.6. The second-order valence-corrected chi connectivity index (χ2v) is 21.3. The van der Waals surface area contributed by atoms with Gasteiger partial charge in [-0.15, -0.1) is 0 Å². The zero-order chi connectivity index (χ0) is 28.5. The molecule has 3 heteroatoms. The molecule has 0 spiro atoms. The quantitative estimate of drug-likeness (QED) is 0.0281. The predicted molar refractivity (Wildman–Crippen MR) is 190 cm³/mol. The van der Waals surface area contributed by atoms with E-state index in [1.54, 1.807) is 0 Å². The van der Waals surface area contributed by atoms with Crippen molar-refractivity contribution in [3.05, 3.63) is 0 Å². The topological polar surface area (TPSA) is 0 Å². The molecule has 39 heavy (non-hydrogen) atoms. The molecular formula is C36H74BrClSi. The van der Waals surface area contributed by atoms with E-state index in [1.807, 2.05) is 0 Å². The molecule has 0 saturated heterocycles. The first kappa shape index (κ1) is 40.0. The van der Waals surface area contributed by atoms with Crippen LogP contribution >= 0.6 is 27.0 Å². The van der Waals surface area contributed by atoms with Crippen LogP contribution in [0.25, 0.3) is 0 Å². The lowest BCUT2D eigenvalue weighted by Crippen LogP contribution is -2.14. The zero-order valence-electron chi connectivity index (χ0n) is 27.3. The monoisotopic (exact) mass is 648 g/mol. The van der Waals surface area contributed by atoms with Crippen molar-refractivity contribution in [3.8, 4) is 0 Å². The average molecular weight is 650 g/mol. The van der Waals surface area contributed by atoms with E-state index in [2.05, 4.69) is 29.0 Å². The fraction of sp³-hybridized carbons (Fsp3) is 1.00. The molecule has 0 heterocycles. The summed E-state index contributed by atoms with van der Waals surface area (Å²) in [6.07, 6.45) is 46.9. The lowest BCUT2D eigenvalue weighted by atomic mass is 10.0. The van der Waals surface area contributed by atoms with Gasteiger partial charge in [-0.2, -0.15) is 11.1 Å². The van der Waals surface area contributed by atoms with E-state index in [0.717, 1.165) is 0 Å². The first-order chi connectivity index (χ1) is 19.1. The van der Waals surface area contributed by atoms with Crippen LogP contribution in [-0.4, -0.2) is 12.7 Å². The molecule has 0 aromatic carbocycles. The summed E-state index contributed by atoms with van der Waals surface area (Å²) < 4.78 is 0. The molecule has 0 N–H and O–H groups in total. The summed E-state index contributed by atoms with van der Waals surface area (Å²) in [5.74, 6) is 0. The smallest absolute Gasteiger partial charge is 0.150 e. The van der Waals surface area contributed by atoms with Crippen LogP contribution in [0.2, 0.25) is 19.1 Å². The maximum atomic E-state index is 6.40. The van der Waals surface area contributed by atoms with Crippen molar-refractivity contribution in [3.63, 3.8) is 0 Å². The van der Waals surface area contributed by atoms with Gasteiger partial charge >= 0.3 is 0 Å². The Kier molecular flexibility index (Phi) is 34.3. The highest BCUT2D eigenvalue weighted by atomic mass is 79.9. The minimum absolute atomic E-state index is 1.19. The molecule has 0 aliphatic rings. The summed E-state index contributed by atoms with van der Waals surface area (Å²) >= 11 is 9.92. The summed E-state index contributed by atoms with van der Waals surface area (Å²) in [7, 11) is -1.31. The standard InChI is InChI=1S/C36H74BrClSi/c1-39(2,38)36-34-32-30-28-26-24-22-20-18-16-14-12-10-8-6-4-3-5-7-9-11-13-15-17-19-21-23-25-27-29-31-33-35-37/h3-36H2,1-2H3. The Morgan fingerprint density at radius 3 is 0.615 bits per heavy atom. The van der Waals surface area contributed by atoms with Crippen molar-refractivity contribution in [2.24, 2.45) is 0 Å². The molecule has 0 aromatic heterocycles. The molecular weight excluding hydrogens is 576 g/mol. The largest absolute Gasteiger partial charge is 0.168 e. The van der Waals surface area contributed by atoms with Gasteiger partial charge in [0.2, 0.25) is 0 Å². The molecule has 0 amide bonds. The molecule has 0 fully saturated rings. The minimum atomic E-state index is -1.31. The van der Waals surface area contributed by atoms with Crippen molar-refractivity contribution in [2.75, 3.05) is 5.33 Å². The fourth-order valence-corrected chi connectivity index (χ4v) is 7.83. The van der Waals surface area contributed by atoms with E-state index in [1.165, 1.54) is 217 Å². The van der Waals surface area contributed by atoms with Gasteiger partial charge in [-0.3, -0.25) is 0 Å². The molecule has 0 saturated carbocycles. The lowest BCUT2D eigenvalue weighted by molar-refractivity contribution is 0.512. The van der Waals surface area contributed by atoms with Crippen LogP contribution in [0.1, 0.15) is 205 Å². The van der Waals surface area contributed by atoms with Crippen LogP contribution in [-0.2, 0) is 0 Å². The lowest BCUT2D eigenvalue weighted by Gasteiger charge is -2.11. The van der Waals surface area contributed by atoms with Crippen molar-refractivity contribution in [2.45, 2.75) is 225 Å². The summed E-state index contributed by atoms with van der Waals surface area (Å²) in [5, 5.41) is 1.19. The van der Waals surface area contributed by atoms with Gasteiger partial charge in [0.05, 0.1) is 0 Å². The molecule has 0 aliphatic carbocycles. The van der Waals surface area contributed by atoms with E-state index in [4.69, 9.17) is 11.1 Å². The molecule has 0 nitrogen and oxygen atoms in total. The van der Waals surface area contributed by atoms with Gasteiger partial charge in [-0.1, -0.05) is 228 Å². The second kappa shape index (κ2) is 33.5. The number of unbranched alkanes of at least 4 members (excludes halogenated alkanes) is 31. The Hall–Kier alpha value is 0.987. The third-order valence-corrected chi connectivity index (χ3v) is 11.3. The number of alkyl halides is 1. The van der Waals surface area contributed by atoms with Gasteiger partial charge in [0.25, 0.3) is 0 Å². The van der Waals surface area contributed by atoms with E-state index in [0.29, 0.717) is 0 Å². The first-order valence-electron chi connectivity index (χ1n) is 18.3. The molecule has 0 bridgehead atoms. The molecule has 0 aliphatic heterocycles. The van der Waals surface area contributed by atoms with Crippen molar-refractivity contribution >= 4 is 34.4 Å². The maximum Gasteiger partial charge on any atom is 0.150 e. The summed E-state index contributed by atoms with van der Waals surface area (Å²) in [6.45, 7) is 4.55. The highest BCUT2D eigenvalue weighted by Crippen LogP contribution is 2.20. The number of rotatable bonds is 34. The summed E-state index contributed by atoms with van der Waals surface area (Å²) in [5.41, 5.74) is 0. The van der Waals surface area contributed by atoms with E-state index >= 15 is 0 Å². The Labute approximate surface area is 263 Å². The summed E-state index contributed by atoms with van der Waals surface area (Å²) in [6, 6.07) is 1.30. The second-order valence-electron chi connectivity index (χ2n) is 13.5. The van der Waals surface area contributed by atoms with E-state index in [-0.39, 0.29) is 0 Å². The van der Waals surface area contributed by atoms with Crippen molar-refractivity contribution in [1.29, 1.82) is 0 Å². The number of hydrogen-bond acceptors (Lipinski definition) is 0. The molecule has 236 valence electrons. The highest BCUT2D eigenvalue weighted by Gasteiger charge is 2.15. The van der Waals surface area contributed by atoms with Crippen LogP contribution in [0.3, 0.4) is 0 Å². The highest BCUT2D eigenvalue weighted by molar-refractivity contribution is 9.09. The van der Waals surface area contributed by atoms with Gasteiger partial charge in [-0.25, -0.2) is 0 Å². The van der Waals surface area contributed by atoms with Crippen molar-refractivity contribution < 1.29 is 0 Å². The minimum Gasteiger partial charge on any atom is -0.168 e. The molecule has 0 radical (unpaired) electrons. The van der Waals surface area contributed by atoms with Crippen LogP contribution < -0.4 is 0 Å². The average Bonchev–Trinajstić information content (AvgIpc) is 2.90. The molecule has 0 unspecified atom stereocenters. The van der Waals surface area contributed by atoms with Crippen LogP contribution in [0.4, 0.5) is 0 Å². The third-order valence-electron chi connectivity index (χ3n) is 8.65. The fourth-order valence-electron chi connectivity index (χ4n) is 5.94. The third kappa shape index (κ3) is 39.0. The normalized spacial score (nSPS) is 12.0. The number of hydrogen-bond donors (Lipinski definition) is 0. The van der Waals surface area contributed by atoms with E-state index in [9.17, 15) is 0 Å². The van der Waals surface area contributed by atoms with Crippen LogP contribution in [0.5, 0.6) is 0 Å². The maximum absolute atomic E-state index is 6.40. The van der Waals surface area contributed by atoms with Gasteiger partial charge in [0, 0.05) is 5.33 Å². The Morgan fingerprint density at radius 2 is 0.462 bits per heavy atom. The van der Waals surface area contributed by atoms with Gasteiger partial charge in [0.1, 0.15) is 7.38 Å². The molecule has 0 aromatic rings. The Balaban J connectivity index is 3.04. The van der Waals surface area contributed by atoms with Gasteiger partial charge < -0.3 is 0 Å². The Morgan fingerprint density at radius 1 is 0.308 bits per heavy atom. The van der Waals surface area contributed by atoms with Crippen LogP contribution in [0.15, 0.2) is 0 Å². The first-order valence-corrected chi connectivity index (χ1v) is 23.7. The SMILES string of the molecule is C[Si](C)(Cl)CCCCCCCCCCCCCCCCCCCCCCCCCCCCCCCCCCBr. The number of halogens is 2. The predicted octanol–water partition coefficient (Wildman–Crippen LogP) is 15.3.